The van der Waals surface area contributed by atoms with E-state index in [0.29, 0.717) is 17.7 Å². The van der Waals surface area contributed by atoms with Gasteiger partial charge in [0, 0.05) is 12.0 Å². The number of oxime groups is 1. The van der Waals surface area contributed by atoms with Crippen molar-refractivity contribution < 1.29 is 14.4 Å². The highest BCUT2D eigenvalue weighted by atomic mass is 16.6. The van der Waals surface area contributed by atoms with Crippen LogP contribution in [-0.4, -0.2) is 24.9 Å². The molecule has 1 aliphatic heterocycles. The maximum Gasteiger partial charge on any atom is 0.309 e. The molecule has 18 heavy (non-hydrogen) atoms. The second-order valence-electron chi connectivity index (χ2n) is 3.91. The van der Waals surface area contributed by atoms with Gasteiger partial charge in [-0.15, -0.1) is 0 Å². The maximum atomic E-state index is 11.1. The Kier molecular flexibility index (Phi) is 3.58. The summed E-state index contributed by atoms with van der Waals surface area (Å²) in [6.45, 7) is 0. The number of hydrogen-bond acceptors (Lipinski definition) is 5. The van der Waals surface area contributed by atoms with Gasteiger partial charge in [0.05, 0.1) is 30.9 Å². The van der Waals surface area contributed by atoms with Gasteiger partial charge < -0.3 is 9.57 Å². The van der Waals surface area contributed by atoms with Crippen LogP contribution in [0.5, 0.6) is 0 Å². The number of rotatable bonds is 3. The lowest BCUT2D eigenvalue weighted by atomic mass is 9.99. The Morgan fingerprint density at radius 1 is 1.61 bits per heavy atom. The summed E-state index contributed by atoms with van der Waals surface area (Å²) in [5.41, 5.74) is 2.01. The van der Waals surface area contributed by atoms with Crippen molar-refractivity contribution >= 4 is 11.7 Å². The summed E-state index contributed by atoms with van der Waals surface area (Å²) < 4.78 is 4.58. The SMILES string of the molecule is COC(=O)CC1CC(c2ccccc2C#N)=NO1. The Labute approximate surface area is 105 Å². The third-order valence-electron chi connectivity index (χ3n) is 2.71. The standard InChI is InChI=1S/C13H12N2O3/c1-17-13(16)7-10-6-12(15-18-10)11-5-3-2-4-9(11)8-14/h2-5,10H,6-7H2,1H3. The van der Waals surface area contributed by atoms with Crippen molar-refractivity contribution in [1.82, 2.24) is 0 Å². The average Bonchev–Trinajstić information content (AvgIpc) is 2.86. The number of benzene rings is 1. The predicted octanol–water partition coefficient (Wildman–Crippen LogP) is 1.61. The molecule has 92 valence electrons. The number of nitrogens with zero attached hydrogens (tertiary/aromatic N) is 2. The lowest BCUT2D eigenvalue weighted by molar-refractivity contribution is -0.143. The van der Waals surface area contributed by atoms with E-state index in [9.17, 15) is 4.79 Å². The van der Waals surface area contributed by atoms with Gasteiger partial charge in [-0.2, -0.15) is 5.26 Å². The van der Waals surface area contributed by atoms with E-state index in [-0.39, 0.29) is 18.5 Å². The van der Waals surface area contributed by atoms with Crippen LogP contribution in [0.3, 0.4) is 0 Å². The molecular weight excluding hydrogens is 232 g/mol. The van der Waals surface area contributed by atoms with Crippen molar-refractivity contribution in [2.45, 2.75) is 18.9 Å². The Balaban J connectivity index is 2.09. The average molecular weight is 244 g/mol. The van der Waals surface area contributed by atoms with E-state index in [0.717, 1.165) is 5.56 Å². The molecule has 0 spiro atoms. The molecule has 0 bridgehead atoms. The van der Waals surface area contributed by atoms with E-state index < -0.39 is 0 Å². The van der Waals surface area contributed by atoms with E-state index in [2.05, 4.69) is 16.0 Å². The highest BCUT2D eigenvalue weighted by Crippen LogP contribution is 2.21. The molecule has 0 aromatic heterocycles. The van der Waals surface area contributed by atoms with Gasteiger partial charge in [-0.05, 0) is 6.07 Å². The molecule has 1 unspecified atom stereocenters. The molecule has 0 saturated heterocycles. The first-order valence-corrected chi connectivity index (χ1v) is 5.53. The van der Waals surface area contributed by atoms with Gasteiger partial charge in [-0.25, -0.2) is 0 Å². The van der Waals surface area contributed by atoms with Gasteiger partial charge in [0.2, 0.25) is 0 Å². The van der Waals surface area contributed by atoms with Gasteiger partial charge in [0.15, 0.2) is 0 Å². The second kappa shape index (κ2) is 5.32. The smallest absolute Gasteiger partial charge is 0.309 e. The number of methoxy groups -OCH3 is 1. The largest absolute Gasteiger partial charge is 0.469 e. The van der Waals surface area contributed by atoms with Crippen molar-refractivity contribution in [1.29, 1.82) is 5.26 Å². The molecule has 0 fully saturated rings. The Bertz CT molecular complexity index is 531. The lowest BCUT2D eigenvalue weighted by Gasteiger charge is -2.05. The molecule has 5 nitrogen and oxygen atoms in total. The number of carbonyl (C=O) groups excluding carboxylic acids is 1. The molecule has 2 rings (SSSR count). The molecule has 1 aromatic carbocycles. The number of esters is 1. The van der Waals surface area contributed by atoms with Gasteiger partial charge in [-0.3, -0.25) is 4.79 Å². The van der Waals surface area contributed by atoms with Crippen LogP contribution >= 0.6 is 0 Å². The topological polar surface area (TPSA) is 71.7 Å². The van der Waals surface area contributed by atoms with Crippen molar-refractivity contribution in [3.8, 4) is 6.07 Å². The monoisotopic (exact) mass is 244 g/mol. The van der Waals surface area contributed by atoms with Gasteiger partial charge in [0.25, 0.3) is 0 Å². The van der Waals surface area contributed by atoms with Crippen molar-refractivity contribution in [3.05, 3.63) is 35.4 Å². The van der Waals surface area contributed by atoms with Crippen LogP contribution in [0, 0.1) is 11.3 Å². The lowest BCUT2D eigenvalue weighted by Crippen LogP contribution is -2.15. The molecule has 5 heteroatoms. The van der Waals surface area contributed by atoms with E-state index >= 15 is 0 Å². The first-order chi connectivity index (χ1) is 8.74. The molecule has 1 aromatic rings. The fourth-order valence-electron chi connectivity index (χ4n) is 1.80. The van der Waals surface area contributed by atoms with Crippen LogP contribution in [0.15, 0.2) is 29.4 Å². The molecule has 1 aliphatic rings. The Morgan fingerprint density at radius 3 is 3.11 bits per heavy atom. The highest BCUT2D eigenvalue weighted by Gasteiger charge is 2.26. The summed E-state index contributed by atoms with van der Waals surface area (Å²) >= 11 is 0. The van der Waals surface area contributed by atoms with Crippen molar-refractivity contribution in [2.24, 2.45) is 5.16 Å². The molecule has 1 heterocycles. The first-order valence-electron chi connectivity index (χ1n) is 5.53. The molecule has 0 saturated carbocycles. The number of ether oxygens (including phenoxy) is 1. The summed E-state index contributed by atoms with van der Waals surface area (Å²) in [5.74, 6) is -0.329. The summed E-state index contributed by atoms with van der Waals surface area (Å²) in [7, 11) is 1.34. The maximum absolute atomic E-state index is 11.1. The van der Waals surface area contributed by atoms with Crippen LogP contribution in [0.4, 0.5) is 0 Å². The third kappa shape index (κ3) is 2.48. The highest BCUT2D eigenvalue weighted by molar-refractivity contribution is 6.03. The number of hydrogen-bond donors (Lipinski definition) is 0. The second-order valence-corrected chi connectivity index (χ2v) is 3.91. The van der Waals surface area contributed by atoms with Gasteiger partial charge in [-0.1, -0.05) is 23.4 Å². The summed E-state index contributed by atoms with van der Waals surface area (Å²) in [5, 5.41) is 12.9. The zero-order valence-corrected chi connectivity index (χ0v) is 9.92. The molecule has 0 radical (unpaired) electrons. The molecule has 0 amide bonds. The van der Waals surface area contributed by atoms with E-state index in [1.165, 1.54) is 7.11 Å². The zero-order chi connectivity index (χ0) is 13.0. The van der Waals surface area contributed by atoms with Gasteiger partial charge >= 0.3 is 5.97 Å². The van der Waals surface area contributed by atoms with Crippen molar-refractivity contribution in [2.75, 3.05) is 7.11 Å². The predicted molar refractivity (Wildman–Crippen MR) is 63.8 cm³/mol. The quantitative estimate of drug-likeness (QED) is 0.757. The molecular formula is C13H12N2O3. The molecule has 0 N–H and O–H groups in total. The summed E-state index contributed by atoms with van der Waals surface area (Å²) in [6.07, 6.45) is 0.366. The van der Waals surface area contributed by atoms with Crippen molar-refractivity contribution in [3.63, 3.8) is 0 Å². The van der Waals surface area contributed by atoms with Crippen LogP contribution in [0.25, 0.3) is 0 Å². The summed E-state index contributed by atoms with van der Waals surface area (Å²) in [4.78, 5) is 16.3. The van der Waals surface area contributed by atoms with E-state index in [4.69, 9.17) is 10.1 Å². The van der Waals surface area contributed by atoms with E-state index in [1.54, 1.807) is 12.1 Å². The Morgan fingerprint density at radius 2 is 2.39 bits per heavy atom. The Hall–Kier alpha value is -2.35. The minimum atomic E-state index is -0.329. The normalized spacial score (nSPS) is 17.6. The minimum absolute atomic E-state index is 0.165. The fourth-order valence-corrected chi connectivity index (χ4v) is 1.80. The van der Waals surface area contributed by atoms with Crippen LogP contribution in [0.1, 0.15) is 24.0 Å². The number of carbonyl (C=O) groups is 1. The fraction of sp³-hybridized carbons (Fsp3) is 0.308. The molecule has 0 aliphatic carbocycles. The van der Waals surface area contributed by atoms with E-state index in [1.807, 2.05) is 12.1 Å². The third-order valence-corrected chi connectivity index (χ3v) is 2.71. The van der Waals surface area contributed by atoms with Crippen LogP contribution in [0.2, 0.25) is 0 Å². The molecule has 1 atom stereocenters. The first kappa shape index (κ1) is 12.1. The van der Waals surface area contributed by atoms with Crippen LogP contribution < -0.4 is 0 Å². The number of nitriles is 1. The summed E-state index contributed by atoms with van der Waals surface area (Å²) in [6, 6.07) is 9.30. The van der Waals surface area contributed by atoms with Gasteiger partial charge in [0.1, 0.15) is 6.10 Å². The van der Waals surface area contributed by atoms with Crippen LogP contribution in [-0.2, 0) is 14.4 Å². The minimum Gasteiger partial charge on any atom is -0.469 e. The zero-order valence-electron chi connectivity index (χ0n) is 9.92.